The second-order valence-corrected chi connectivity index (χ2v) is 33.5. The van der Waals surface area contributed by atoms with E-state index < -0.39 is 10.8 Å². The zero-order valence-corrected chi connectivity index (χ0v) is 68.6. The molecular weight excluding hydrogens is 1420 g/mol. The fourth-order valence-corrected chi connectivity index (χ4v) is 16.1. The third-order valence-electron chi connectivity index (χ3n) is 22.1. The van der Waals surface area contributed by atoms with Crippen molar-refractivity contribution in [3.63, 3.8) is 0 Å². The predicted molar refractivity (Wildman–Crippen MR) is 474 cm³/mol. The van der Waals surface area contributed by atoms with E-state index in [1.165, 1.54) is 94.6 Å². The van der Waals surface area contributed by atoms with Gasteiger partial charge >= 0.3 is 0 Å². The number of nitrogens with zero attached hydrogens (tertiary/aromatic N) is 2. The lowest BCUT2D eigenvalue weighted by atomic mass is 9.64. The predicted octanol–water partition coefficient (Wildman–Crippen LogP) is 24.4. The molecule has 14 rings (SSSR count). The van der Waals surface area contributed by atoms with Crippen LogP contribution in [0.1, 0.15) is 146 Å². The molecule has 0 N–H and O–H groups in total. The van der Waals surface area contributed by atoms with Gasteiger partial charge in [-0.25, -0.2) is 4.57 Å². The average molecular weight is 1520 g/mol. The van der Waals surface area contributed by atoms with Gasteiger partial charge in [0.25, 0.3) is 0 Å². The number of benzene rings is 12. The molecule has 12 aromatic carbocycles. The molecule has 2 heterocycles. The Labute approximate surface area is 681 Å². The highest BCUT2D eigenvalue weighted by atomic mass is 32.1. The van der Waals surface area contributed by atoms with Crippen LogP contribution in [0.25, 0.3) is 50.2 Å². The second-order valence-electron chi connectivity index (χ2n) is 32.6. The van der Waals surface area contributed by atoms with Crippen molar-refractivity contribution in [2.45, 2.75) is 113 Å². The maximum atomic E-state index is 6.33. The molecular formula is C104H102N2O3S3+2. The molecule has 0 aliphatic carbocycles. The fourth-order valence-electron chi connectivity index (χ4n) is 15.5. The molecule has 5 nitrogen and oxygen atoms in total. The Kier molecular flexibility index (Phi) is 23.9. The van der Waals surface area contributed by atoms with Gasteiger partial charge in [0.15, 0.2) is 31.3 Å². The van der Waals surface area contributed by atoms with Gasteiger partial charge in [-0.05, 0) is 175 Å². The number of thiol groups is 3. The number of hydrogen-bond donors (Lipinski definition) is 3. The van der Waals surface area contributed by atoms with E-state index in [1.807, 2.05) is 12.1 Å². The molecule has 0 radical (unpaired) electrons. The van der Waals surface area contributed by atoms with Gasteiger partial charge in [0.2, 0.25) is 5.69 Å². The van der Waals surface area contributed by atoms with E-state index in [1.54, 1.807) is 0 Å². The third kappa shape index (κ3) is 17.4. The summed E-state index contributed by atoms with van der Waals surface area (Å²) in [6, 6.07) is 117. The average Bonchev–Trinajstić information content (AvgIpc) is 0.735. The second kappa shape index (κ2) is 34.3. The first-order valence-corrected chi connectivity index (χ1v) is 41.0. The van der Waals surface area contributed by atoms with E-state index in [2.05, 4.69) is 437 Å². The van der Waals surface area contributed by atoms with Crippen LogP contribution in [-0.2, 0) is 55.6 Å². The van der Waals surface area contributed by atoms with Crippen molar-refractivity contribution in [1.29, 1.82) is 0 Å². The highest BCUT2D eigenvalue weighted by Gasteiger charge is 2.41. The van der Waals surface area contributed by atoms with Crippen molar-refractivity contribution in [2.24, 2.45) is 0 Å². The Morgan fingerprint density at radius 3 is 0.741 bits per heavy atom. The van der Waals surface area contributed by atoms with E-state index in [0.717, 1.165) is 57.1 Å². The van der Waals surface area contributed by atoms with Crippen LogP contribution in [0.4, 0.5) is 0 Å². The topological polar surface area (TPSA) is 35.5 Å². The molecule has 0 bridgehead atoms. The highest BCUT2D eigenvalue weighted by molar-refractivity contribution is 7.79. The Bertz CT molecular complexity index is 5020. The minimum Gasteiger partial charge on any atom is -0.491 e. The molecule has 14 aromatic rings. The summed E-state index contributed by atoms with van der Waals surface area (Å²) in [6.07, 6.45) is 8.62. The maximum Gasteiger partial charge on any atom is 0.210 e. The number of hydrogen-bond acceptors (Lipinski definition) is 6. The smallest absolute Gasteiger partial charge is 0.210 e. The SMILES string of the molecule is CC(C)(C)c1ccc(C(c2ccc(OCCOCCOc3ccc(C[n+]4ccc(-c5cc[n+](-c6ccc(C(c7ccc(-c8ccc(CS)cc8)cc7)(c7ccc(-c8ccc(CS)cc8)cc7)c7ccc(-c8ccc(CS)cc8)cc7)cc6)cc5)cc4)cc3)cc2)(c2ccc(C(C)(C)C)cc2)c2ccc(C(C)(C)C)cc2)cc1. The van der Waals surface area contributed by atoms with Crippen molar-refractivity contribution in [1.82, 2.24) is 0 Å². The lowest BCUT2D eigenvalue weighted by molar-refractivity contribution is -0.688. The molecule has 0 saturated heterocycles. The van der Waals surface area contributed by atoms with Gasteiger partial charge < -0.3 is 14.2 Å². The quantitative estimate of drug-likeness (QED) is 0.0219. The van der Waals surface area contributed by atoms with Crippen molar-refractivity contribution >= 4 is 37.9 Å². The lowest BCUT2D eigenvalue weighted by Gasteiger charge is -2.38. The van der Waals surface area contributed by atoms with Gasteiger partial charge in [-0.3, -0.25) is 0 Å². The monoisotopic (exact) mass is 1520 g/mol. The molecule has 0 fully saturated rings. The Hall–Kier alpha value is -10.5. The normalized spacial score (nSPS) is 12.1. The van der Waals surface area contributed by atoms with Crippen molar-refractivity contribution in [3.05, 3.63) is 424 Å². The standard InChI is InChI=1S/C104H100N2O3S3/c1-100(2,3)86-36-42-92(43-37-86)104(93-44-38-87(39-45-93)101(4,5)6,94-46-40-88(41-47-94)102(7,8)9)96-50-56-99(57-51-96)109-69-67-107-66-68-108-98-54-16-74(17-55-98)70-105-62-58-84(59-63-105)85-60-64-106(65-61-85)97-52-48-95(49-53-97)103(89-30-24-81(25-31-89)78-18-10-75(71-110)11-19-78,90-32-26-82(27-33-90)79-20-12-76(72-111)13-21-79)91-34-28-83(29-35-91)80-22-14-77(73-112)15-23-80/h10-65H,66-73H2,1-9H3,(H-2,110,111,112)/p+2. The van der Waals surface area contributed by atoms with E-state index in [4.69, 9.17) is 14.2 Å². The molecule has 0 unspecified atom stereocenters. The van der Waals surface area contributed by atoms with Crippen molar-refractivity contribution < 1.29 is 23.3 Å². The Balaban J connectivity index is 0.619. The highest BCUT2D eigenvalue weighted by Crippen LogP contribution is 2.49. The Morgan fingerprint density at radius 2 is 0.455 bits per heavy atom. The summed E-state index contributed by atoms with van der Waals surface area (Å²) in [4.78, 5) is 0. The molecule has 0 aliphatic rings. The van der Waals surface area contributed by atoms with Gasteiger partial charge in [-0.1, -0.05) is 305 Å². The summed E-state index contributed by atoms with van der Waals surface area (Å²) in [5, 5.41) is 0. The van der Waals surface area contributed by atoms with E-state index in [-0.39, 0.29) is 16.2 Å². The van der Waals surface area contributed by atoms with Crippen LogP contribution in [-0.4, -0.2) is 26.4 Å². The molecule has 0 aliphatic heterocycles. The molecule has 562 valence electrons. The maximum absolute atomic E-state index is 6.33. The molecule has 0 saturated carbocycles. The number of ether oxygens (including phenoxy) is 3. The minimum atomic E-state index is -0.708. The van der Waals surface area contributed by atoms with E-state index in [0.29, 0.717) is 43.7 Å². The van der Waals surface area contributed by atoms with Crippen LogP contribution < -0.4 is 18.6 Å². The van der Waals surface area contributed by atoms with Gasteiger partial charge in [0.05, 0.1) is 24.0 Å². The third-order valence-corrected chi connectivity index (χ3v) is 23.2. The van der Waals surface area contributed by atoms with Crippen molar-refractivity contribution in [3.8, 4) is 61.7 Å². The molecule has 0 amide bonds. The molecule has 8 heteroatoms. The van der Waals surface area contributed by atoms with Gasteiger partial charge in [-0.2, -0.15) is 42.5 Å². The first-order chi connectivity index (χ1) is 54.2. The molecule has 2 aromatic heterocycles. The fraction of sp³-hybridized carbons (Fsp3) is 0.212. The number of rotatable bonds is 26. The van der Waals surface area contributed by atoms with Crippen LogP contribution in [0.3, 0.4) is 0 Å². The number of aromatic nitrogens is 2. The van der Waals surface area contributed by atoms with Crippen molar-refractivity contribution in [2.75, 3.05) is 26.4 Å². The molecule has 0 spiro atoms. The summed E-state index contributed by atoms with van der Waals surface area (Å²) < 4.78 is 22.9. The lowest BCUT2D eigenvalue weighted by Crippen LogP contribution is -2.33. The van der Waals surface area contributed by atoms with Crippen LogP contribution in [0.15, 0.2) is 340 Å². The minimum absolute atomic E-state index is 0.0233. The summed E-state index contributed by atoms with van der Waals surface area (Å²) in [5.41, 5.74) is 27.3. The first kappa shape index (κ1) is 78.2. The van der Waals surface area contributed by atoms with E-state index >= 15 is 0 Å². The summed E-state index contributed by atoms with van der Waals surface area (Å²) in [7, 11) is 0. The zero-order valence-electron chi connectivity index (χ0n) is 65.9. The van der Waals surface area contributed by atoms with Gasteiger partial charge in [0.1, 0.15) is 24.7 Å². The summed E-state index contributed by atoms with van der Waals surface area (Å²) in [5.74, 6) is 3.71. The summed E-state index contributed by atoms with van der Waals surface area (Å²) >= 11 is 13.6. The van der Waals surface area contributed by atoms with Gasteiger partial charge in [-0.15, -0.1) is 0 Å². The van der Waals surface area contributed by atoms with E-state index in [9.17, 15) is 0 Å². The van der Waals surface area contributed by atoms with Crippen LogP contribution in [0, 0.1) is 0 Å². The molecule has 112 heavy (non-hydrogen) atoms. The van der Waals surface area contributed by atoms with Crippen LogP contribution in [0.5, 0.6) is 11.5 Å². The summed E-state index contributed by atoms with van der Waals surface area (Å²) in [6.45, 7) is 23.0. The van der Waals surface area contributed by atoms with Crippen LogP contribution in [0.2, 0.25) is 0 Å². The number of pyridine rings is 2. The molecule has 0 atom stereocenters. The van der Waals surface area contributed by atoms with Gasteiger partial charge in [0, 0.05) is 59.2 Å². The Morgan fingerprint density at radius 1 is 0.232 bits per heavy atom. The zero-order chi connectivity index (χ0) is 78.0. The van der Waals surface area contributed by atoms with Crippen LogP contribution >= 0.6 is 37.9 Å². The largest absolute Gasteiger partial charge is 0.491 e. The first-order valence-electron chi connectivity index (χ1n) is 39.1.